The molecule has 0 radical (unpaired) electrons. The van der Waals surface area contributed by atoms with Gasteiger partial charge in [0.25, 0.3) is 0 Å². The predicted octanol–water partition coefficient (Wildman–Crippen LogP) is 2.82. The van der Waals surface area contributed by atoms with Gasteiger partial charge in [0.1, 0.15) is 0 Å². The molecule has 1 aromatic heterocycles. The van der Waals surface area contributed by atoms with Crippen LogP contribution in [-0.2, 0) is 6.54 Å². The van der Waals surface area contributed by atoms with Gasteiger partial charge >= 0.3 is 0 Å². The number of halogens is 1. The first kappa shape index (κ1) is 11.8. The van der Waals surface area contributed by atoms with Crippen molar-refractivity contribution in [3.63, 3.8) is 0 Å². The minimum atomic E-state index is 0.446. The standard InChI is InChI=1S/C12H12ClN3O/c1-2-5-16-12(7-14-15-16)9-3-4-10(8-17)11(13)6-9/h3-4,6-8H,2,5H2,1H3. The van der Waals surface area contributed by atoms with Gasteiger partial charge in [-0.1, -0.05) is 29.8 Å². The highest BCUT2D eigenvalue weighted by molar-refractivity contribution is 6.33. The van der Waals surface area contributed by atoms with Crippen LogP contribution in [-0.4, -0.2) is 21.3 Å². The number of carbonyl (C=O) groups excluding carboxylic acids is 1. The summed E-state index contributed by atoms with van der Waals surface area (Å²) in [5, 5.41) is 8.34. The summed E-state index contributed by atoms with van der Waals surface area (Å²) >= 11 is 5.99. The highest BCUT2D eigenvalue weighted by Crippen LogP contribution is 2.24. The van der Waals surface area contributed by atoms with Crippen LogP contribution in [0.3, 0.4) is 0 Å². The maximum atomic E-state index is 10.7. The van der Waals surface area contributed by atoms with Crippen molar-refractivity contribution in [3.8, 4) is 11.3 Å². The quantitative estimate of drug-likeness (QED) is 0.783. The zero-order valence-electron chi connectivity index (χ0n) is 9.43. The Morgan fingerprint density at radius 2 is 2.29 bits per heavy atom. The van der Waals surface area contributed by atoms with Gasteiger partial charge in [0.05, 0.1) is 16.9 Å². The second-order valence-corrected chi connectivity index (χ2v) is 4.10. The van der Waals surface area contributed by atoms with Gasteiger partial charge in [-0.25, -0.2) is 4.68 Å². The van der Waals surface area contributed by atoms with Crippen molar-refractivity contribution >= 4 is 17.9 Å². The summed E-state index contributed by atoms with van der Waals surface area (Å²) in [7, 11) is 0. The number of carbonyl (C=O) groups is 1. The largest absolute Gasteiger partial charge is 0.298 e. The van der Waals surface area contributed by atoms with Crippen LogP contribution in [0.5, 0.6) is 0 Å². The molecule has 0 unspecified atom stereocenters. The molecule has 17 heavy (non-hydrogen) atoms. The molecule has 4 nitrogen and oxygen atoms in total. The van der Waals surface area contributed by atoms with E-state index in [1.807, 2.05) is 10.7 Å². The average molecular weight is 250 g/mol. The van der Waals surface area contributed by atoms with Crippen molar-refractivity contribution in [2.45, 2.75) is 19.9 Å². The molecule has 0 fully saturated rings. The molecule has 5 heteroatoms. The average Bonchev–Trinajstić information content (AvgIpc) is 2.78. The Morgan fingerprint density at radius 3 is 2.94 bits per heavy atom. The molecule has 0 saturated carbocycles. The molecule has 0 amide bonds. The zero-order chi connectivity index (χ0) is 12.3. The molecule has 0 spiro atoms. The third-order valence-corrected chi connectivity index (χ3v) is 2.80. The van der Waals surface area contributed by atoms with Crippen molar-refractivity contribution in [2.75, 3.05) is 0 Å². The van der Waals surface area contributed by atoms with E-state index in [-0.39, 0.29) is 0 Å². The number of hydrogen-bond acceptors (Lipinski definition) is 3. The van der Waals surface area contributed by atoms with E-state index in [0.717, 1.165) is 30.5 Å². The van der Waals surface area contributed by atoms with Gasteiger partial charge in [0.15, 0.2) is 6.29 Å². The molecule has 2 aromatic rings. The third-order valence-electron chi connectivity index (χ3n) is 2.48. The Balaban J connectivity index is 2.42. The summed E-state index contributed by atoms with van der Waals surface area (Å²) in [6, 6.07) is 5.31. The molecule has 2 rings (SSSR count). The lowest BCUT2D eigenvalue weighted by Gasteiger charge is -2.05. The lowest BCUT2D eigenvalue weighted by molar-refractivity contribution is 0.112. The lowest BCUT2D eigenvalue weighted by atomic mass is 10.1. The second kappa shape index (κ2) is 5.10. The number of hydrogen-bond donors (Lipinski definition) is 0. The smallest absolute Gasteiger partial charge is 0.151 e. The fraction of sp³-hybridized carbons (Fsp3) is 0.250. The Kier molecular flexibility index (Phi) is 3.54. The maximum absolute atomic E-state index is 10.7. The van der Waals surface area contributed by atoms with Crippen LogP contribution < -0.4 is 0 Å². The third kappa shape index (κ3) is 2.36. The molecule has 0 aliphatic carbocycles. The normalized spacial score (nSPS) is 10.5. The van der Waals surface area contributed by atoms with E-state index >= 15 is 0 Å². The summed E-state index contributed by atoms with van der Waals surface area (Å²) in [4.78, 5) is 10.7. The van der Waals surface area contributed by atoms with Crippen LogP contribution in [0.1, 0.15) is 23.7 Å². The molecule has 88 valence electrons. The van der Waals surface area contributed by atoms with Gasteiger partial charge in [-0.15, -0.1) is 5.10 Å². The topological polar surface area (TPSA) is 47.8 Å². The number of nitrogens with zero attached hydrogens (tertiary/aromatic N) is 3. The molecule has 0 atom stereocenters. The molecule has 0 saturated heterocycles. The fourth-order valence-electron chi connectivity index (χ4n) is 1.64. The van der Waals surface area contributed by atoms with E-state index in [1.165, 1.54) is 0 Å². The maximum Gasteiger partial charge on any atom is 0.151 e. The highest BCUT2D eigenvalue weighted by atomic mass is 35.5. The van der Waals surface area contributed by atoms with E-state index in [2.05, 4.69) is 17.2 Å². The van der Waals surface area contributed by atoms with Gasteiger partial charge in [0.2, 0.25) is 0 Å². The molecular weight excluding hydrogens is 238 g/mol. The molecule has 0 aliphatic rings. The van der Waals surface area contributed by atoms with Crippen molar-refractivity contribution in [2.24, 2.45) is 0 Å². The van der Waals surface area contributed by atoms with E-state index < -0.39 is 0 Å². The SMILES string of the molecule is CCCn1nncc1-c1ccc(C=O)c(Cl)c1. The monoisotopic (exact) mass is 249 g/mol. The van der Waals surface area contributed by atoms with Crippen LogP contribution in [0, 0.1) is 0 Å². The Labute approximate surface area is 104 Å². The van der Waals surface area contributed by atoms with E-state index in [1.54, 1.807) is 18.3 Å². The number of aldehydes is 1. The van der Waals surface area contributed by atoms with E-state index in [9.17, 15) is 4.79 Å². The molecular formula is C12H12ClN3O. The van der Waals surface area contributed by atoms with Crippen LogP contribution in [0.25, 0.3) is 11.3 Å². The number of benzene rings is 1. The van der Waals surface area contributed by atoms with Crippen molar-refractivity contribution in [1.82, 2.24) is 15.0 Å². The van der Waals surface area contributed by atoms with E-state index in [0.29, 0.717) is 10.6 Å². The molecule has 1 aromatic carbocycles. The molecule has 0 N–H and O–H groups in total. The lowest BCUT2D eigenvalue weighted by Crippen LogP contribution is -2.01. The predicted molar refractivity (Wildman–Crippen MR) is 66.1 cm³/mol. The molecule has 0 bridgehead atoms. The van der Waals surface area contributed by atoms with Gasteiger partial charge in [-0.2, -0.15) is 0 Å². The number of aromatic nitrogens is 3. The summed E-state index contributed by atoms with van der Waals surface area (Å²) < 4.78 is 1.83. The first-order chi connectivity index (χ1) is 8.26. The number of rotatable bonds is 4. The minimum Gasteiger partial charge on any atom is -0.298 e. The Bertz CT molecular complexity index is 536. The highest BCUT2D eigenvalue weighted by Gasteiger charge is 2.08. The van der Waals surface area contributed by atoms with Gasteiger partial charge in [0, 0.05) is 17.7 Å². The summed E-state index contributed by atoms with van der Waals surface area (Å²) in [6.07, 6.45) is 3.42. The number of aryl methyl sites for hydroxylation is 1. The molecule has 0 aliphatic heterocycles. The summed E-state index contributed by atoms with van der Waals surface area (Å²) in [5.74, 6) is 0. The Morgan fingerprint density at radius 1 is 1.47 bits per heavy atom. The Hall–Kier alpha value is -1.68. The van der Waals surface area contributed by atoms with Gasteiger partial charge in [-0.3, -0.25) is 4.79 Å². The summed E-state index contributed by atoms with van der Waals surface area (Å²) in [5.41, 5.74) is 2.31. The first-order valence-electron chi connectivity index (χ1n) is 5.40. The first-order valence-corrected chi connectivity index (χ1v) is 5.77. The van der Waals surface area contributed by atoms with Crippen molar-refractivity contribution in [1.29, 1.82) is 0 Å². The van der Waals surface area contributed by atoms with Crippen LogP contribution in [0.2, 0.25) is 5.02 Å². The van der Waals surface area contributed by atoms with Crippen molar-refractivity contribution in [3.05, 3.63) is 35.0 Å². The molecule has 1 heterocycles. The zero-order valence-corrected chi connectivity index (χ0v) is 10.2. The second-order valence-electron chi connectivity index (χ2n) is 3.70. The fourth-order valence-corrected chi connectivity index (χ4v) is 1.87. The van der Waals surface area contributed by atoms with Crippen molar-refractivity contribution < 1.29 is 4.79 Å². The minimum absolute atomic E-state index is 0.446. The van der Waals surface area contributed by atoms with Crippen LogP contribution in [0.15, 0.2) is 24.4 Å². The van der Waals surface area contributed by atoms with Crippen LogP contribution in [0.4, 0.5) is 0 Å². The summed E-state index contributed by atoms with van der Waals surface area (Å²) in [6.45, 7) is 2.89. The van der Waals surface area contributed by atoms with Crippen LogP contribution >= 0.6 is 11.6 Å². The van der Waals surface area contributed by atoms with Gasteiger partial charge < -0.3 is 0 Å². The van der Waals surface area contributed by atoms with E-state index in [4.69, 9.17) is 11.6 Å². The van der Waals surface area contributed by atoms with Gasteiger partial charge in [-0.05, 0) is 18.6 Å².